The number of nitrogens with one attached hydrogen (secondary N) is 3. The number of benzene rings is 1. The second kappa shape index (κ2) is 8.17. The van der Waals surface area contributed by atoms with Gasteiger partial charge in [-0.2, -0.15) is 0 Å². The first kappa shape index (κ1) is 18.2. The minimum atomic E-state index is -0.593. The lowest BCUT2D eigenvalue weighted by atomic mass is 10.2. The maximum Gasteiger partial charge on any atom is 0.325 e. The van der Waals surface area contributed by atoms with Crippen molar-refractivity contribution in [2.45, 2.75) is 13.8 Å². The smallest absolute Gasteiger partial charge is 0.325 e. The van der Waals surface area contributed by atoms with E-state index >= 15 is 0 Å². The summed E-state index contributed by atoms with van der Waals surface area (Å²) in [6, 6.07) is 7.12. The van der Waals surface area contributed by atoms with Crippen molar-refractivity contribution in [3.63, 3.8) is 0 Å². The zero-order valence-corrected chi connectivity index (χ0v) is 14.7. The quantitative estimate of drug-likeness (QED) is 0.597. The van der Waals surface area contributed by atoms with Gasteiger partial charge >= 0.3 is 6.03 Å². The summed E-state index contributed by atoms with van der Waals surface area (Å²) in [5, 5.41) is 11.9. The Balaban J connectivity index is 1.85. The molecule has 8 nitrogen and oxygen atoms in total. The molecule has 1 aromatic carbocycles. The Morgan fingerprint density at radius 2 is 1.96 bits per heavy atom. The molecule has 0 saturated carbocycles. The van der Waals surface area contributed by atoms with Gasteiger partial charge in [0, 0.05) is 36.3 Å². The molecule has 0 atom stereocenters. The summed E-state index contributed by atoms with van der Waals surface area (Å²) in [6.07, 6.45) is 3.23. The van der Waals surface area contributed by atoms with Crippen LogP contribution >= 0.6 is 0 Å². The van der Waals surface area contributed by atoms with E-state index in [4.69, 9.17) is 9.26 Å². The molecule has 2 aromatic heterocycles. The van der Waals surface area contributed by atoms with Gasteiger partial charge in [0.2, 0.25) is 0 Å². The van der Waals surface area contributed by atoms with Crippen LogP contribution in [0, 0.1) is 12.7 Å². The van der Waals surface area contributed by atoms with Crippen LogP contribution in [0.5, 0.6) is 5.75 Å². The van der Waals surface area contributed by atoms with E-state index in [1.165, 1.54) is 12.1 Å². The lowest BCUT2D eigenvalue weighted by molar-refractivity contribution is 0.262. The lowest BCUT2D eigenvalue weighted by Crippen LogP contribution is -2.20. The van der Waals surface area contributed by atoms with Gasteiger partial charge in [-0.05, 0) is 26.0 Å². The van der Waals surface area contributed by atoms with Crippen LogP contribution in [0.4, 0.5) is 32.1 Å². The highest BCUT2D eigenvalue weighted by Crippen LogP contribution is 2.32. The molecule has 0 spiro atoms. The Hall–Kier alpha value is -3.62. The number of anilines is 4. The number of halogens is 1. The Kier molecular flexibility index (Phi) is 5.50. The molecular formula is C18H18FN5O3. The van der Waals surface area contributed by atoms with E-state index in [0.717, 1.165) is 5.69 Å². The largest absolute Gasteiger partial charge is 0.491 e. The first-order chi connectivity index (χ1) is 13.0. The van der Waals surface area contributed by atoms with Crippen molar-refractivity contribution in [1.29, 1.82) is 0 Å². The van der Waals surface area contributed by atoms with Crippen LogP contribution in [0.1, 0.15) is 12.7 Å². The van der Waals surface area contributed by atoms with Gasteiger partial charge in [-0.3, -0.25) is 10.3 Å². The fraction of sp³-hybridized carbons (Fsp3) is 0.167. The summed E-state index contributed by atoms with van der Waals surface area (Å²) in [6.45, 7) is 3.77. The number of aromatic nitrogens is 2. The van der Waals surface area contributed by atoms with Crippen LogP contribution in [-0.4, -0.2) is 22.8 Å². The van der Waals surface area contributed by atoms with E-state index in [0.29, 0.717) is 18.1 Å². The molecule has 2 amide bonds. The average Bonchev–Trinajstić information content (AvgIpc) is 3.04. The van der Waals surface area contributed by atoms with Crippen molar-refractivity contribution >= 4 is 28.9 Å². The summed E-state index contributed by atoms with van der Waals surface area (Å²) in [4.78, 5) is 16.2. The van der Waals surface area contributed by atoms with E-state index in [1.54, 1.807) is 44.4 Å². The van der Waals surface area contributed by atoms with Gasteiger partial charge in [-0.1, -0.05) is 5.16 Å². The normalized spacial score (nSPS) is 10.3. The van der Waals surface area contributed by atoms with Crippen molar-refractivity contribution in [3.05, 3.63) is 54.3 Å². The predicted molar refractivity (Wildman–Crippen MR) is 99.0 cm³/mol. The maximum absolute atomic E-state index is 14.3. The molecule has 140 valence electrons. The number of carbonyl (C=O) groups is 1. The molecule has 0 unspecified atom stereocenters. The van der Waals surface area contributed by atoms with E-state index in [-0.39, 0.29) is 17.3 Å². The number of aryl methyl sites for hydroxylation is 1. The molecule has 27 heavy (non-hydrogen) atoms. The van der Waals surface area contributed by atoms with Gasteiger partial charge in [0.05, 0.1) is 18.0 Å². The summed E-state index contributed by atoms with van der Waals surface area (Å²) in [7, 11) is 0. The third kappa shape index (κ3) is 4.72. The maximum atomic E-state index is 14.3. The molecule has 0 aliphatic carbocycles. The number of amides is 2. The van der Waals surface area contributed by atoms with Gasteiger partial charge in [-0.15, -0.1) is 0 Å². The number of carbonyl (C=O) groups excluding carboxylic acids is 1. The fourth-order valence-electron chi connectivity index (χ4n) is 2.31. The van der Waals surface area contributed by atoms with Crippen molar-refractivity contribution < 1.29 is 18.4 Å². The van der Waals surface area contributed by atoms with E-state index in [1.807, 2.05) is 0 Å². The average molecular weight is 371 g/mol. The molecule has 3 aromatic rings. The minimum absolute atomic E-state index is 0.0761. The molecule has 9 heteroatoms. The number of urea groups is 1. The Bertz CT molecular complexity index is 930. The Morgan fingerprint density at radius 3 is 2.63 bits per heavy atom. The molecule has 0 bridgehead atoms. The number of pyridine rings is 1. The molecule has 0 radical (unpaired) electrons. The predicted octanol–water partition coefficient (Wildman–Crippen LogP) is 4.30. The van der Waals surface area contributed by atoms with Crippen LogP contribution in [0.2, 0.25) is 0 Å². The fourth-order valence-corrected chi connectivity index (χ4v) is 2.31. The second-order valence-electron chi connectivity index (χ2n) is 5.52. The molecule has 2 heterocycles. The first-order valence-electron chi connectivity index (χ1n) is 8.20. The molecule has 0 aliphatic heterocycles. The number of hydrogen-bond donors (Lipinski definition) is 3. The van der Waals surface area contributed by atoms with Gasteiger partial charge in [0.25, 0.3) is 0 Å². The van der Waals surface area contributed by atoms with E-state index in [9.17, 15) is 9.18 Å². The summed E-state index contributed by atoms with van der Waals surface area (Å²) >= 11 is 0. The SMILES string of the molecule is CCOc1cc(Nc2ccncc2)c(NC(=O)Nc2cc(C)on2)cc1F. The van der Waals surface area contributed by atoms with Crippen LogP contribution in [0.3, 0.4) is 0 Å². The summed E-state index contributed by atoms with van der Waals surface area (Å²) in [5.41, 5.74) is 1.40. The Morgan fingerprint density at radius 1 is 1.19 bits per heavy atom. The van der Waals surface area contributed by atoms with Crippen molar-refractivity contribution in [2.24, 2.45) is 0 Å². The van der Waals surface area contributed by atoms with Gasteiger partial charge in [0.1, 0.15) is 5.76 Å². The highest BCUT2D eigenvalue weighted by Gasteiger charge is 2.14. The van der Waals surface area contributed by atoms with E-state index in [2.05, 4.69) is 26.1 Å². The second-order valence-corrected chi connectivity index (χ2v) is 5.52. The van der Waals surface area contributed by atoms with Crippen LogP contribution < -0.4 is 20.7 Å². The Labute approximate surface area is 154 Å². The molecule has 0 aliphatic rings. The first-order valence-corrected chi connectivity index (χ1v) is 8.20. The monoisotopic (exact) mass is 371 g/mol. The highest BCUT2D eigenvalue weighted by atomic mass is 19.1. The molecule has 0 saturated heterocycles. The van der Waals surface area contributed by atoms with Crippen molar-refractivity contribution in [3.8, 4) is 5.75 Å². The molecular weight excluding hydrogens is 353 g/mol. The number of hydrogen-bond acceptors (Lipinski definition) is 6. The molecule has 3 N–H and O–H groups in total. The third-order valence-electron chi connectivity index (χ3n) is 3.45. The topological polar surface area (TPSA) is 101 Å². The van der Waals surface area contributed by atoms with Crippen LogP contribution in [0.25, 0.3) is 0 Å². The van der Waals surface area contributed by atoms with E-state index < -0.39 is 11.8 Å². The number of ether oxygens (including phenoxy) is 1. The van der Waals surface area contributed by atoms with Crippen molar-refractivity contribution in [2.75, 3.05) is 22.6 Å². The zero-order valence-electron chi connectivity index (χ0n) is 14.7. The minimum Gasteiger partial charge on any atom is -0.491 e. The standard InChI is InChI=1S/C18H18FN5O3/c1-3-26-16-10-15(21-12-4-6-20-7-5-12)14(9-13(16)19)22-18(25)23-17-8-11(2)27-24-17/h4-10H,3H2,1-2H3,(H,20,21)(H2,22,23,24,25). The van der Waals surface area contributed by atoms with Gasteiger partial charge < -0.3 is 19.9 Å². The molecule has 3 rings (SSSR count). The third-order valence-corrected chi connectivity index (χ3v) is 3.45. The number of rotatable bonds is 6. The molecule has 0 fully saturated rings. The van der Waals surface area contributed by atoms with Crippen LogP contribution in [0.15, 0.2) is 47.2 Å². The van der Waals surface area contributed by atoms with Gasteiger partial charge in [0.15, 0.2) is 17.4 Å². The van der Waals surface area contributed by atoms with Crippen molar-refractivity contribution in [1.82, 2.24) is 10.1 Å². The highest BCUT2D eigenvalue weighted by molar-refractivity contribution is 6.01. The van der Waals surface area contributed by atoms with Crippen LogP contribution in [-0.2, 0) is 0 Å². The zero-order chi connectivity index (χ0) is 19.2. The lowest BCUT2D eigenvalue weighted by Gasteiger charge is -2.16. The number of nitrogens with zero attached hydrogens (tertiary/aromatic N) is 2. The summed E-state index contributed by atoms with van der Waals surface area (Å²) < 4.78 is 24.5. The van der Waals surface area contributed by atoms with Gasteiger partial charge in [-0.25, -0.2) is 9.18 Å². The summed E-state index contributed by atoms with van der Waals surface area (Å²) in [5.74, 6) is 0.286.